The molecular weight excluding hydrogens is 452 g/mol. The van der Waals surface area contributed by atoms with Crippen LogP contribution in [0.5, 0.6) is 17.2 Å². The molecule has 7 heteroatoms. The molecule has 0 aliphatic heterocycles. The first-order chi connectivity index (χ1) is 16.6. The molecule has 0 atom stereocenters. The lowest BCUT2D eigenvalue weighted by Crippen LogP contribution is -2.18. The van der Waals surface area contributed by atoms with E-state index in [4.69, 9.17) is 25.8 Å². The third-order valence-electron chi connectivity index (χ3n) is 5.19. The Hall–Kier alpha value is -4.03. The van der Waals surface area contributed by atoms with E-state index in [1.165, 1.54) is 14.2 Å². The van der Waals surface area contributed by atoms with E-state index in [0.29, 0.717) is 34.4 Å². The van der Waals surface area contributed by atoms with Crippen molar-refractivity contribution in [3.63, 3.8) is 0 Å². The van der Waals surface area contributed by atoms with Crippen LogP contribution in [-0.4, -0.2) is 26.3 Å². The molecule has 0 saturated heterocycles. The van der Waals surface area contributed by atoms with Crippen LogP contribution in [0.1, 0.15) is 21.5 Å². The first-order valence-electron chi connectivity index (χ1n) is 10.5. The number of hydrogen-bond donors (Lipinski definition) is 1. The van der Waals surface area contributed by atoms with E-state index in [-0.39, 0.29) is 0 Å². The number of fused-ring (bicyclic) bond motifs is 1. The number of halogens is 1. The van der Waals surface area contributed by atoms with Crippen molar-refractivity contribution in [1.29, 1.82) is 0 Å². The minimum absolute atomic E-state index is 0.343. The maximum atomic E-state index is 12.7. The van der Waals surface area contributed by atoms with Gasteiger partial charge in [-0.2, -0.15) is 5.10 Å². The van der Waals surface area contributed by atoms with Gasteiger partial charge in [-0.15, -0.1) is 0 Å². The second-order valence-corrected chi connectivity index (χ2v) is 7.85. The molecular formula is C27H23ClN2O4. The average Bonchev–Trinajstić information content (AvgIpc) is 2.87. The van der Waals surface area contributed by atoms with Crippen molar-refractivity contribution < 1.29 is 19.0 Å². The van der Waals surface area contributed by atoms with Crippen LogP contribution in [0.15, 0.2) is 84.0 Å². The summed E-state index contributed by atoms with van der Waals surface area (Å²) >= 11 is 6.09. The van der Waals surface area contributed by atoms with E-state index in [1.54, 1.807) is 24.4 Å². The molecule has 0 bridgehead atoms. The van der Waals surface area contributed by atoms with Gasteiger partial charge in [0.25, 0.3) is 5.91 Å². The van der Waals surface area contributed by atoms with E-state index < -0.39 is 5.91 Å². The number of amides is 1. The van der Waals surface area contributed by atoms with Gasteiger partial charge in [-0.05, 0) is 46.7 Å². The molecule has 34 heavy (non-hydrogen) atoms. The maximum Gasteiger partial charge on any atom is 0.271 e. The number of carbonyl (C=O) groups is 1. The first kappa shape index (κ1) is 23.1. The molecule has 0 heterocycles. The lowest BCUT2D eigenvalue weighted by Gasteiger charge is -2.12. The highest BCUT2D eigenvalue weighted by atomic mass is 35.5. The summed E-state index contributed by atoms with van der Waals surface area (Å²) in [6.45, 7) is 0.343. The highest BCUT2D eigenvalue weighted by molar-refractivity contribution is 6.30. The van der Waals surface area contributed by atoms with Crippen LogP contribution in [-0.2, 0) is 6.61 Å². The van der Waals surface area contributed by atoms with Crippen LogP contribution in [0.25, 0.3) is 10.8 Å². The van der Waals surface area contributed by atoms with Gasteiger partial charge >= 0.3 is 0 Å². The average molecular weight is 475 g/mol. The number of ether oxygens (including phenoxy) is 3. The number of benzene rings is 4. The number of hydrogen-bond acceptors (Lipinski definition) is 5. The predicted molar refractivity (Wildman–Crippen MR) is 134 cm³/mol. The number of nitrogens with zero attached hydrogens (tertiary/aromatic N) is 1. The molecule has 6 nitrogen and oxygen atoms in total. The summed E-state index contributed by atoms with van der Waals surface area (Å²) < 4.78 is 16.6. The van der Waals surface area contributed by atoms with Gasteiger partial charge < -0.3 is 14.2 Å². The Kier molecular flexibility index (Phi) is 7.30. The van der Waals surface area contributed by atoms with Gasteiger partial charge in [-0.1, -0.05) is 54.1 Å². The number of carbonyl (C=O) groups excluding carboxylic acids is 1. The Balaban J connectivity index is 1.58. The molecule has 172 valence electrons. The molecule has 0 unspecified atom stereocenters. The van der Waals surface area contributed by atoms with Gasteiger partial charge in [0, 0.05) is 22.2 Å². The largest absolute Gasteiger partial charge is 0.497 e. The van der Waals surface area contributed by atoms with Crippen molar-refractivity contribution in [2.24, 2.45) is 5.10 Å². The quantitative estimate of drug-likeness (QED) is 0.257. The van der Waals surface area contributed by atoms with Crippen molar-refractivity contribution in [2.75, 3.05) is 14.2 Å². The fourth-order valence-corrected chi connectivity index (χ4v) is 3.69. The maximum absolute atomic E-state index is 12.7. The minimum Gasteiger partial charge on any atom is -0.497 e. The fourth-order valence-electron chi connectivity index (χ4n) is 3.48. The zero-order chi connectivity index (χ0) is 23.9. The molecule has 4 aromatic carbocycles. The SMILES string of the molecule is COc1cc(OC)cc(C(=O)N/N=C\c2c(OCc3cccc(Cl)c3)ccc3ccccc23)c1. The Morgan fingerprint density at radius 1 is 0.941 bits per heavy atom. The predicted octanol–water partition coefficient (Wildman–Crippen LogP) is 5.85. The van der Waals surface area contributed by atoms with Crippen LogP contribution in [0.3, 0.4) is 0 Å². The van der Waals surface area contributed by atoms with Crippen molar-refractivity contribution >= 4 is 34.5 Å². The molecule has 0 saturated carbocycles. The summed E-state index contributed by atoms with van der Waals surface area (Å²) in [5.74, 6) is 1.27. The highest BCUT2D eigenvalue weighted by Gasteiger charge is 2.11. The van der Waals surface area contributed by atoms with E-state index in [1.807, 2.05) is 60.7 Å². The Labute approximate surface area is 202 Å². The second kappa shape index (κ2) is 10.7. The molecule has 0 aromatic heterocycles. The second-order valence-electron chi connectivity index (χ2n) is 7.42. The fraction of sp³-hybridized carbons (Fsp3) is 0.111. The van der Waals surface area contributed by atoms with Crippen LogP contribution in [0.2, 0.25) is 5.02 Å². The lowest BCUT2D eigenvalue weighted by molar-refractivity contribution is 0.0954. The zero-order valence-corrected chi connectivity index (χ0v) is 19.5. The van der Waals surface area contributed by atoms with Crippen molar-refractivity contribution in [3.05, 3.63) is 101 Å². The van der Waals surface area contributed by atoms with Crippen molar-refractivity contribution in [3.8, 4) is 17.2 Å². The summed E-state index contributed by atoms with van der Waals surface area (Å²) in [4.78, 5) is 12.7. The van der Waals surface area contributed by atoms with Crippen LogP contribution < -0.4 is 19.6 Å². The number of hydrazone groups is 1. The number of nitrogens with one attached hydrogen (secondary N) is 1. The van der Waals surface area contributed by atoms with Gasteiger partial charge in [-0.3, -0.25) is 4.79 Å². The summed E-state index contributed by atoms with van der Waals surface area (Å²) in [7, 11) is 3.06. The van der Waals surface area contributed by atoms with Crippen LogP contribution in [0.4, 0.5) is 0 Å². The van der Waals surface area contributed by atoms with Gasteiger partial charge in [0.2, 0.25) is 0 Å². The Morgan fingerprint density at radius 3 is 2.44 bits per heavy atom. The lowest BCUT2D eigenvalue weighted by atomic mass is 10.0. The summed E-state index contributed by atoms with van der Waals surface area (Å²) in [6, 6.07) is 24.2. The van der Waals surface area contributed by atoms with Crippen molar-refractivity contribution in [2.45, 2.75) is 6.61 Å². The molecule has 0 aliphatic carbocycles. The highest BCUT2D eigenvalue weighted by Crippen LogP contribution is 2.28. The summed E-state index contributed by atoms with van der Waals surface area (Å²) in [5.41, 5.74) is 4.64. The van der Waals surface area contributed by atoms with Gasteiger partial charge in [0.05, 0.1) is 20.4 Å². The number of methoxy groups -OCH3 is 2. The molecule has 4 aromatic rings. The zero-order valence-electron chi connectivity index (χ0n) is 18.7. The smallest absolute Gasteiger partial charge is 0.271 e. The minimum atomic E-state index is -0.393. The molecule has 1 amide bonds. The molecule has 0 radical (unpaired) electrons. The summed E-state index contributed by atoms with van der Waals surface area (Å²) in [6.07, 6.45) is 1.59. The monoisotopic (exact) mass is 474 g/mol. The molecule has 0 spiro atoms. The van der Waals surface area contributed by atoms with E-state index in [2.05, 4.69) is 10.5 Å². The van der Waals surface area contributed by atoms with E-state index in [0.717, 1.165) is 21.9 Å². The third-order valence-corrected chi connectivity index (χ3v) is 5.42. The standard InChI is InChI=1S/C27H23ClN2O4/c1-32-22-13-20(14-23(15-22)33-2)27(31)30-29-16-25-24-9-4-3-7-19(24)10-11-26(25)34-17-18-6-5-8-21(28)12-18/h3-16H,17H2,1-2H3,(H,30,31)/b29-16-. The Bertz CT molecular complexity index is 1330. The third kappa shape index (κ3) is 5.47. The molecule has 4 rings (SSSR count). The molecule has 0 aliphatic rings. The van der Waals surface area contributed by atoms with Gasteiger partial charge in [0.1, 0.15) is 23.9 Å². The molecule has 0 fully saturated rings. The van der Waals surface area contributed by atoms with Crippen molar-refractivity contribution in [1.82, 2.24) is 5.43 Å². The van der Waals surface area contributed by atoms with Gasteiger partial charge in [0.15, 0.2) is 0 Å². The van der Waals surface area contributed by atoms with Crippen LogP contribution in [0, 0.1) is 0 Å². The van der Waals surface area contributed by atoms with E-state index in [9.17, 15) is 4.79 Å². The van der Waals surface area contributed by atoms with Crippen LogP contribution >= 0.6 is 11.6 Å². The first-order valence-corrected chi connectivity index (χ1v) is 10.9. The number of rotatable bonds is 8. The normalized spacial score (nSPS) is 10.9. The van der Waals surface area contributed by atoms with Gasteiger partial charge in [-0.25, -0.2) is 5.43 Å². The Morgan fingerprint density at radius 2 is 1.71 bits per heavy atom. The molecule has 1 N–H and O–H groups in total. The topological polar surface area (TPSA) is 69.2 Å². The van der Waals surface area contributed by atoms with E-state index >= 15 is 0 Å². The summed E-state index contributed by atoms with van der Waals surface area (Å²) in [5, 5.41) is 6.83.